The lowest BCUT2D eigenvalue weighted by Gasteiger charge is -2.24. The van der Waals surface area contributed by atoms with Gasteiger partial charge in [-0.05, 0) is 38.1 Å². The molecule has 1 fully saturated rings. The van der Waals surface area contributed by atoms with Gasteiger partial charge < -0.3 is 9.80 Å². The minimum Gasteiger partial charge on any atom is -0.339 e. The van der Waals surface area contributed by atoms with Gasteiger partial charge in [0.25, 0.3) is 0 Å². The monoisotopic (exact) mass is 364 g/mol. The summed E-state index contributed by atoms with van der Waals surface area (Å²) in [5.41, 5.74) is 1.79. The molecule has 4 nitrogen and oxygen atoms in total. The lowest BCUT2D eigenvalue weighted by atomic mass is 10.1. The molecule has 118 valence electrons. The van der Waals surface area contributed by atoms with Crippen LogP contribution in [0, 0.1) is 5.92 Å². The average Bonchev–Trinajstić information content (AvgIpc) is 2.86. The number of hydrogen-bond donors (Lipinski definition) is 0. The highest BCUT2D eigenvalue weighted by molar-refractivity contribution is 9.10. The van der Waals surface area contributed by atoms with Crippen LogP contribution in [-0.2, 0) is 9.59 Å². The molecule has 0 aliphatic carbocycles. The summed E-state index contributed by atoms with van der Waals surface area (Å²) in [4.78, 5) is 28.3. The van der Waals surface area contributed by atoms with Crippen molar-refractivity contribution in [2.24, 2.45) is 5.92 Å². The minimum atomic E-state index is -0.268. The molecule has 1 aromatic rings. The zero-order valence-corrected chi connectivity index (χ0v) is 14.6. The molecule has 22 heavy (non-hydrogen) atoms. The highest BCUT2D eigenvalue weighted by Gasteiger charge is 2.36. The van der Waals surface area contributed by atoms with Gasteiger partial charge in [-0.25, -0.2) is 0 Å². The van der Waals surface area contributed by atoms with Gasteiger partial charge in [-0.3, -0.25) is 9.59 Å². The number of rotatable bonds is 5. The van der Waals surface area contributed by atoms with Crippen LogP contribution in [0.2, 0.25) is 0 Å². The van der Waals surface area contributed by atoms with Crippen LogP contribution in [0.4, 0.5) is 5.69 Å². The quantitative estimate of drug-likeness (QED) is 0.752. The first-order chi connectivity index (χ1) is 10.4. The Morgan fingerprint density at radius 1 is 1.41 bits per heavy atom. The molecule has 0 radical (unpaired) electrons. The molecule has 5 heteroatoms. The summed E-state index contributed by atoms with van der Waals surface area (Å²) in [7, 11) is 0. The molecule has 0 aromatic heterocycles. The summed E-state index contributed by atoms with van der Waals surface area (Å²) in [6.07, 6.45) is 0.279. The summed E-state index contributed by atoms with van der Waals surface area (Å²) < 4.78 is 0.967. The number of hydrogen-bond acceptors (Lipinski definition) is 2. The minimum absolute atomic E-state index is 0.00653. The summed E-state index contributed by atoms with van der Waals surface area (Å²) in [6, 6.07) is 7.58. The Kier molecular flexibility index (Phi) is 5.40. The Hall–Kier alpha value is -1.62. The van der Waals surface area contributed by atoms with Crippen molar-refractivity contribution in [1.29, 1.82) is 0 Å². The van der Waals surface area contributed by atoms with Crippen molar-refractivity contribution in [3.8, 4) is 0 Å². The number of carbonyl (C=O) groups excluding carboxylic acids is 2. The molecule has 2 amide bonds. The first kappa shape index (κ1) is 16.7. The Morgan fingerprint density at radius 3 is 2.59 bits per heavy atom. The largest absolute Gasteiger partial charge is 0.339 e. The molecule has 1 saturated heterocycles. The van der Waals surface area contributed by atoms with E-state index in [2.05, 4.69) is 22.5 Å². The number of amides is 2. The van der Waals surface area contributed by atoms with Gasteiger partial charge in [-0.2, -0.15) is 0 Å². The molecule has 1 heterocycles. The maximum atomic E-state index is 12.6. The molecule has 1 aromatic carbocycles. The molecular weight excluding hydrogens is 344 g/mol. The normalized spacial score (nSPS) is 17.7. The van der Waals surface area contributed by atoms with Crippen molar-refractivity contribution in [1.82, 2.24) is 4.90 Å². The van der Waals surface area contributed by atoms with Crippen LogP contribution in [0.3, 0.4) is 0 Å². The van der Waals surface area contributed by atoms with E-state index in [9.17, 15) is 9.59 Å². The predicted octanol–water partition coefficient (Wildman–Crippen LogP) is 3.23. The zero-order valence-electron chi connectivity index (χ0n) is 13.0. The summed E-state index contributed by atoms with van der Waals surface area (Å²) >= 11 is 3.38. The van der Waals surface area contributed by atoms with E-state index in [1.54, 1.807) is 9.80 Å². The first-order valence-electron chi connectivity index (χ1n) is 7.41. The standard InChI is InChI=1S/C17H21BrN2O2/c1-4-19(10-12(2)3)17(22)13-9-16(21)20(11-13)15-7-5-14(18)6-8-15/h5-8,13H,2,4,9-11H2,1,3H3. The average molecular weight is 365 g/mol. The lowest BCUT2D eigenvalue weighted by molar-refractivity contribution is -0.135. The lowest BCUT2D eigenvalue weighted by Crippen LogP contribution is -2.38. The number of likely N-dealkylation sites (N-methyl/N-ethyl adjacent to an activating group) is 1. The van der Waals surface area contributed by atoms with Crippen LogP contribution in [0.5, 0.6) is 0 Å². The van der Waals surface area contributed by atoms with Gasteiger partial charge in [0, 0.05) is 36.2 Å². The number of benzene rings is 1. The van der Waals surface area contributed by atoms with E-state index < -0.39 is 0 Å². The van der Waals surface area contributed by atoms with Gasteiger partial charge >= 0.3 is 0 Å². The van der Waals surface area contributed by atoms with Gasteiger partial charge in [-0.15, -0.1) is 0 Å². The van der Waals surface area contributed by atoms with Gasteiger partial charge in [0.05, 0.1) is 5.92 Å². The molecule has 0 N–H and O–H groups in total. The van der Waals surface area contributed by atoms with Crippen molar-refractivity contribution in [3.63, 3.8) is 0 Å². The van der Waals surface area contributed by atoms with Crippen molar-refractivity contribution >= 4 is 33.4 Å². The highest BCUT2D eigenvalue weighted by atomic mass is 79.9. The van der Waals surface area contributed by atoms with Crippen LogP contribution in [0.25, 0.3) is 0 Å². The van der Waals surface area contributed by atoms with Crippen LogP contribution in [0.1, 0.15) is 20.3 Å². The van der Waals surface area contributed by atoms with Gasteiger partial charge in [0.15, 0.2) is 0 Å². The van der Waals surface area contributed by atoms with E-state index in [1.807, 2.05) is 38.1 Å². The third-order valence-corrected chi connectivity index (χ3v) is 4.30. The molecule has 1 aliphatic rings. The van der Waals surface area contributed by atoms with Gasteiger partial charge in [-0.1, -0.05) is 28.1 Å². The maximum Gasteiger partial charge on any atom is 0.228 e. The van der Waals surface area contributed by atoms with E-state index in [1.165, 1.54) is 0 Å². The summed E-state index contributed by atoms with van der Waals surface area (Å²) in [5.74, 6) is -0.221. The molecule has 0 saturated carbocycles. The van der Waals surface area contributed by atoms with E-state index in [-0.39, 0.29) is 24.2 Å². The van der Waals surface area contributed by atoms with Crippen molar-refractivity contribution in [2.45, 2.75) is 20.3 Å². The highest BCUT2D eigenvalue weighted by Crippen LogP contribution is 2.27. The van der Waals surface area contributed by atoms with Gasteiger partial charge in [0.2, 0.25) is 11.8 Å². The first-order valence-corrected chi connectivity index (χ1v) is 8.20. The molecule has 1 aliphatic heterocycles. The fourth-order valence-corrected chi connectivity index (χ4v) is 2.94. The molecule has 0 spiro atoms. The van der Waals surface area contributed by atoms with Gasteiger partial charge in [0.1, 0.15) is 0 Å². The number of nitrogens with zero attached hydrogens (tertiary/aromatic N) is 2. The second kappa shape index (κ2) is 7.09. The predicted molar refractivity (Wildman–Crippen MR) is 91.7 cm³/mol. The molecule has 1 unspecified atom stereocenters. The number of anilines is 1. The second-order valence-corrected chi connectivity index (χ2v) is 6.61. The third kappa shape index (κ3) is 3.77. The summed E-state index contributed by atoms with van der Waals surface area (Å²) in [6.45, 7) is 9.35. The molecule has 1 atom stereocenters. The number of carbonyl (C=O) groups is 2. The smallest absolute Gasteiger partial charge is 0.228 e. The Labute approximate surface area is 139 Å². The van der Waals surface area contributed by atoms with E-state index in [0.29, 0.717) is 19.6 Å². The fraction of sp³-hybridized carbons (Fsp3) is 0.412. The van der Waals surface area contributed by atoms with Crippen molar-refractivity contribution in [3.05, 3.63) is 40.9 Å². The molecular formula is C17H21BrN2O2. The fourth-order valence-electron chi connectivity index (χ4n) is 2.67. The van der Waals surface area contributed by atoms with Crippen LogP contribution in [-0.4, -0.2) is 36.3 Å². The molecule has 0 bridgehead atoms. The zero-order chi connectivity index (χ0) is 16.3. The number of halogens is 1. The van der Waals surface area contributed by atoms with Crippen LogP contribution < -0.4 is 4.90 Å². The topological polar surface area (TPSA) is 40.6 Å². The Bertz CT molecular complexity index is 583. The van der Waals surface area contributed by atoms with Crippen molar-refractivity contribution in [2.75, 3.05) is 24.5 Å². The second-order valence-electron chi connectivity index (χ2n) is 5.69. The van der Waals surface area contributed by atoms with Crippen LogP contribution >= 0.6 is 15.9 Å². The van der Waals surface area contributed by atoms with E-state index in [0.717, 1.165) is 15.7 Å². The van der Waals surface area contributed by atoms with E-state index in [4.69, 9.17) is 0 Å². The third-order valence-electron chi connectivity index (χ3n) is 3.77. The van der Waals surface area contributed by atoms with Crippen LogP contribution in [0.15, 0.2) is 40.9 Å². The SMILES string of the molecule is C=C(C)CN(CC)C(=O)C1CC(=O)N(c2ccc(Br)cc2)C1. The van der Waals surface area contributed by atoms with E-state index >= 15 is 0 Å². The summed E-state index contributed by atoms with van der Waals surface area (Å²) in [5, 5.41) is 0. The Balaban J connectivity index is 2.09. The van der Waals surface area contributed by atoms with Crippen molar-refractivity contribution < 1.29 is 9.59 Å². The molecule has 2 rings (SSSR count). The Morgan fingerprint density at radius 2 is 2.05 bits per heavy atom. The maximum absolute atomic E-state index is 12.6.